The molecule has 0 spiro atoms. The molecule has 0 atom stereocenters. The van der Waals surface area contributed by atoms with Crippen molar-refractivity contribution in [1.82, 2.24) is 0 Å². The molecule has 0 aliphatic rings. The maximum Gasteiger partial charge on any atom is 0.336 e. The van der Waals surface area contributed by atoms with Gasteiger partial charge in [-0.05, 0) is 65.2 Å². The summed E-state index contributed by atoms with van der Waals surface area (Å²) in [6.45, 7) is 4.22. The number of amides is 1. The second-order valence-corrected chi connectivity index (χ2v) is 6.58. The minimum absolute atomic E-state index is 0.253. The van der Waals surface area contributed by atoms with E-state index in [1.165, 1.54) is 0 Å². The third-order valence-electron chi connectivity index (χ3n) is 3.78. The number of primary amides is 1. The number of carboxylic acids is 1. The number of halogens is 1. The van der Waals surface area contributed by atoms with Gasteiger partial charge in [-0.25, -0.2) is 4.79 Å². The van der Waals surface area contributed by atoms with Crippen LogP contribution in [0.3, 0.4) is 0 Å². The fourth-order valence-corrected chi connectivity index (χ4v) is 3.13. The Morgan fingerprint density at radius 1 is 1.26 bits per heavy atom. The summed E-state index contributed by atoms with van der Waals surface area (Å²) in [5.74, 6) is -0.651. The highest BCUT2D eigenvalue weighted by molar-refractivity contribution is 9.10. The molecule has 144 valence electrons. The van der Waals surface area contributed by atoms with E-state index in [2.05, 4.69) is 21.2 Å². The van der Waals surface area contributed by atoms with Gasteiger partial charge in [0.1, 0.15) is 0 Å². The summed E-state index contributed by atoms with van der Waals surface area (Å²) >= 11 is 3.43. The predicted molar refractivity (Wildman–Crippen MR) is 105 cm³/mol. The molecule has 0 saturated heterocycles. The molecule has 0 saturated carbocycles. The zero-order chi connectivity index (χ0) is 20.0. The Morgan fingerprint density at radius 2 is 2.00 bits per heavy atom. The summed E-state index contributed by atoms with van der Waals surface area (Å²) in [6.07, 6.45) is 0. The van der Waals surface area contributed by atoms with E-state index in [4.69, 9.17) is 15.2 Å². The number of hydrogen-bond donors (Lipinski definition) is 3. The Kier molecular flexibility index (Phi) is 7.06. The van der Waals surface area contributed by atoms with Crippen LogP contribution in [-0.2, 0) is 11.3 Å². The number of carboxylic acid groups (broad SMARTS) is 1. The average molecular weight is 437 g/mol. The quantitative estimate of drug-likeness (QED) is 0.555. The number of carbonyl (C=O) groups is 2. The lowest BCUT2D eigenvalue weighted by molar-refractivity contribution is -0.119. The lowest BCUT2D eigenvalue weighted by atomic mass is 10.1. The van der Waals surface area contributed by atoms with Crippen LogP contribution in [0, 0.1) is 6.92 Å². The fourth-order valence-electron chi connectivity index (χ4n) is 2.53. The molecule has 27 heavy (non-hydrogen) atoms. The van der Waals surface area contributed by atoms with E-state index in [0.29, 0.717) is 34.7 Å². The first-order chi connectivity index (χ1) is 12.8. The molecule has 0 unspecified atom stereocenters. The second kappa shape index (κ2) is 9.27. The van der Waals surface area contributed by atoms with Crippen molar-refractivity contribution in [2.24, 2.45) is 5.73 Å². The van der Waals surface area contributed by atoms with Gasteiger partial charge in [0.05, 0.1) is 16.6 Å². The first-order valence-corrected chi connectivity index (χ1v) is 9.05. The van der Waals surface area contributed by atoms with E-state index < -0.39 is 11.9 Å². The van der Waals surface area contributed by atoms with Crippen LogP contribution in [0.5, 0.6) is 11.5 Å². The van der Waals surface area contributed by atoms with Crippen LogP contribution in [0.1, 0.15) is 28.4 Å². The first-order valence-electron chi connectivity index (χ1n) is 8.26. The Morgan fingerprint density at radius 3 is 2.63 bits per heavy atom. The smallest absolute Gasteiger partial charge is 0.336 e. The van der Waals surface area contributed by atoms with Crippen LogP contribution in [0.15, 0.2) is 34.8 Å². The molecule has 2 rings (SSSR count). The number of hydrogen-bond acceptors (Lipinski definition) is 5. The normalized spacial score (nSPS) is 10.3. The molecule has 8 heteroatoms. The number of rotatable bonds is 9. The summed E-state index contributed by atoms with van der Waals surface area (Å²) in [7, 11) is 0. The zero-order valence-electron chi connectivity index (χ0n) is 15.0. The molecular formula is C19H21BrN2O5. The van der Waals surface area contributed by atoms with E-state index in [0.717, 1.165) is 11.3 Å². The molecule has 2 aromatic carbocycles. The molecular weight excluding hydrogens is 416 g/mol. The average Bonchev–Trinajstić information content (AvgIpc) is 2.60. The van der Waals surface area contributed by atoms with Crippen molar-refractivity contribution in [2.75, 3.05) is 18.5 Å². The molecule has 1 amide bonds. The summed E-state index contributed by atoms with van der Waals surface area (Å²) in [4.78, 5) is 22.2. The number of aromatic carboxylic acids is 1. The standard InChI is InChI=1S/C19H21BrN2O5/c1-3-26-16-8-12(7-14(20)18(16)27-10-17(21)23)9-22-15-6-4-5-13(11(15)2)19(24)25/h4-8,22H,3,9-10H2,1-2H3,(H2,21,23)(H,24,25). The molecule has 0 aliphatic heterocycles. The minimum Gasteiger partial charge on any atom is -0.490 e. The van der Waals surface area contributed by atoms with E-state index in [1.807, 2.05) is 19.1 Å². The van der Waals surface area contributed by atoms with Gasteiger partial charge in [0.2, 0.25) is 0 Å². The number of benzene rings is 2. The topological polar surface area (TPSA) is 111 Å². The number of nitrogens with two attached hydrogens (primary N) is 1. The van der Waals surface area contributed by atoms with Crippen LogP contribution >= 0.6 is 15.9 Å². The third kappa shape index (κ3) is 5.37. The van der Waals surface area contributed by atoms with Gasteiger partial charge < -0.3 is 25.6 Å². The van der Waals surface area contributed by atoms with Gasteiger partial charge in [0.25, 0.3) is 5.91 Å². The predicted octanol–water partition coefficient (Wildman–Crippen LogP) is 3.33. The molecule has 0 heterocycles. The van der Waals surface area contributed by atoms with Crippen molar-refractivity contribution in [3.63, 3.8) is 0 Å². The van der Waals surface area contributed by atoms with Crippen LogP contribution in [0.4, 0.5) is 5.69 Å². The van der Waals surface area contributed by atoms with E-state index in [-0.39, 0.29) is 12.2 Å². The van der Waals surface area contributed by atoms with Crippen molar-refractivity contribution in [3.8, 4) is 11.5 Å². The van der Waals surface area contributed by atoms with Gasteiger partial charge in [-0.15, -0.1) is 0 Å². The summed E-state index contributed by atoms with van der Waals surface area (Å²) < 4.78 is 11.7. The van der Waals surface area contributed by atoms with E-state index in [9.17, 15) is 14.7 Å². The lowest BCUT2D eigenvalue weighted by Crippen LogP contribution is -2.20. The Labute approximate surface area is 165 Å². The van der Waals surface area contributed by atoms with Gasteiger partial charge in [-0.3, -0.25) is 4.79 Å². The molecule has 0 bridgehead atoms. The van der Waals surface area contributed by atoms with Crippen LogP contribution in [-0.4, -0.2) is 30.2 Å². The summed E-state index contributed by atoms with van der Waals surface area (Å²) in [6, 6.07) is 8.72. The number of ether oxygens (including phenoxy) is 2. The third-order valence-corrected chi connectivity index (χ3v) is 4.36. The van der Waals surface area contributed by atoms with Gasteiger partial charge >= 0.3 is 5.97 Å². The van der Waals surface area contributed by atoms with Crippen molar-refractivity contribution in [2.45, 2.75) is 20.4 Å². The molecule has 2 aromatic rings. The van der Waals surface area contributed by atoms with Crippen molar-refractivity contribution >= 4 is 33.5 Å². The van der Waals surface area contributed by atoms with Crippen molar-refractivity contribution in [1.29, 1.82) is 0 Å². The molecule has 7 nitrogen and oxygen atoms in total. The number of nitrogens with one attached hydrogen (secondary N) is 1. The summed E-state index contributed by atoms with van der Waals surface area (Å²) in [5.41, 5.74) is 7.67. The number of anilines is 1. The van der Waals surface area contributed by atoms with Gasteiger partial charge in [0.15, 0.2) is 18.1 Å². The van der Waals surface area contributed by atoms with Gasteiger partial charge in [0, 0.05) is 12.2 Å². The maximum atomic E-state index is 11.3. The molecule has 0 aromatic heterocycles. The minimum atomic E-state index is -0.964. The van der Waals surface area contributed by atoms with Crippen LogP contribution in [0.25, 0.3) is 0 Å². The van der Waals surface area contributed by atoms with Crippen molar-refractivity contribution < 1.29 is 24.2 Å². The highest BCUT2D eigenvalue weighted by Crippen LogP contribution is 2.37. The largest absolute Gasteiger partial charge is 0.490 e. The highest BCUT2D eigenvalue weighted by Gasteiger charge is 2.14. The molecule has 0 aliphatic carbocycles. The Balaban J connectivity index is 2.23. The zero-order valence-corrected chi connectivity index (χ0v) is 16.6. The summed E-state index contributed by atoms with van der Waals surface area (Å²) in [5, 5.41) is 12.5. The van der Waals surface area contributed by atoms with Crippen LogP contribution in [0.2, 0.25) is 0 Å². The van der Waals surface area contributed by atoms with Gasteiger partial charge in [-0.2, -0.15) is 0 Å². The molecule has 0 radical (unpaired) electrons. The second-order valence-electron chi connectivity index (χ2n) is 5.73. The maximum absolute atomic E-state index is 11.3. The van der Waals surface area contributed by atoms with Crippen LogP contribution < -0.4 is 20.5 Å². The highest BCUT2D eigenvalue weighted by atomic mass is 79.9. The van der Waals surface area contributed by atoms with Crippen molar-refractivity contribution in [3.05, 3.63) is 51.5 Å². The monoisotopic (exact) mass is 436 g/mol. The van der Waals surface area contributed by atoms with E-state index >= 15 is 0 Å². The Bertz CT molecular complexity index is 854. The van der Waals surface area contributed by atoms with E-state index in [1.54, 1.807) is 25.1 Å². The molecule has 0 fully saturated rings. The fraction of sp³-hybridized carbons (Fsp3) is 0.263. The SMILES string of the molecule is CCOc1cc(CNc2cccc(C(=O)O)c2C)cc(Br)c1OCC(N)=O. The Hall–Kier alpha value is -2.74. The number of carbonyl (C=O) groups excluding carboxylic acids is 1. The first kappa shape index (κ1) is 20.6. The molecule has 4 N–H and O–H groups in total. The van der Waals surface area contributed by atoms with Gasteiger partial charge in [-0.1, -0.05) is 6.07 Å². The lowest BCUT2D eigenvalue weighted by Gasteiger charge is -2.16.